The molecule has 29 heavy (non-hydrogen) atoms. The van der Waals surface area contributed by atoms with Gasteiger partial charge in [0.25, 0.3) is 0 Å². The average Bonchev–Trinajstić information content (AvgIpc) is 2.67. The zero-order valence-electron chi connectivity index (χ0n) is 16.6. The molecule has 0 aromatic heterocycles. The summed E-state index contributed by atoms with van der Waals surface area (Å²) in [6.45, 7) is 6.61. The number of benzene rings is 2. The van der Waals surface area contributed by atoms with Crippen LogP contribution in [-0.2, 0) is 24.4 Å². The molecule has 1 heterocycles. The maximum atomic E-state index is 13.8. The van der Waals surface area contributed by atoms with Crippen LogP contribution in [-0.4, -0.2) is 17.5 Å². The van der Waals surface area contributed by atoms with Crippen molar-refractivity contribution in [3.05, 3.63) is 93.3 Å². The molecule has 1 aliphatic heterocycles. The van der Waals surface area contributed by atoms with Gasteiger partial charge in [0.05, 0.1) is 11.0 Å². The quantitative estimate of drug-likeness (QED) is 0.551. The fourth-order valence-electron chi connectivity index (χ4n) is 3.00. The van der Waals surface area contributed by atoms with Gasteiger partial charge in [0.1, 0.15) is 24.0 Å². The Morgan fingerprint density at radius 1 is 1.14 bits per heavy atom. The van der Waals surface area contributed by atoms with Gasteiger partial charge in [-0.15, -0.1) is 0 Å². The minimum atomic E-state index is -0.602. The largest absolute Gasteiger partial charge is 0.488 e. The summed E-state index contributed by atoms with van der Waals surface area (Å²) in [5.74, 6) is -0.543. The van der Waals surface area contributed by atoms with Crippen molar-refractivity contribution in [3.8, 4) is 0 Å². The highest BCUT2D eigenvalue weighted by molar-refractivity contribution is 9.11. The summed E-state index contributed by atoms with van der Waals surface area (Å²) in [6, 6.07) is 12.5. The van der Waals surface area contributed by atoms with Crippen molar-refractivity contribution in [2.75, 3.05) is 6.54 Å². The number of allylic oxidation sites excluding steroid dienone is 1. The van der Waals surface area contributed by atoms with Crippen LogP contribution in [0, 0.1) is 11.6 Å². The van der Waals surface area contributed by atoms with Gasteiger partial charge in [-0.25, -0.2) is 8.78 Å². The van der Waals surface area contributed by atoms with E-state index in [2.05, 4.69) is 64.3 Å². The van der Waals surface area contributed by atoms with Crippen LogP contribution < -0.4 is 5.32 Å². The number of rotatable bonds is 8. The molecular formula is C23H25BrF2N2O. The summed E-state index contributed by atoms with van der Waals surface area (Å²) < 4.78 is 33.4. The lowest BCUT2D eigenvalue weighted by molar-refractivity contribution is 0.199. The predicted octanol–water partition coefficient (Wildman–Crippen LogP) is 5.62. The molecule has 0 aliphatic carbocycles. The summed E-state index contributed by atoms with van der Waals surface area (Å²) in [4.78, 5) is 2.17. The van der Waals surface area contributed by atoms with Gasteiger partial charge < -0.3 is 15.0 Å². The molecule has 0 amide bonds. The normalized spacial score (nSPS) is 14.1. The Balaban J connectivity index is 1.56. The van der Waals surface area contributed by atoms with Gasteiger partial charge in [0, 0.05) is 37.0 Å². The number of halogens is 3. The zero-order valence-corrected chi connectivity index (χ0v) is 18.2. The van der Waals surface area contributed by atoms with Crippen molar-refractivity contribution in [1.82, 2.24) is 10.2 Å². The van der Waals surface area contributed by atoms with E-state index in [0.29, 0.717) is 23.9 Å². The standard InChI is InChI=1S/C23H25BrF2N2O/c1-16(2)27-12-17-4-3-5-18(10-17)13-28-9-8-23(21(24)14-28)29-15-19-6-7-20(25)11-22(19)26/h3-11,16,27H,12-15H2,1-2H3. The fourth-order valence-corrected chi connectivity index (χ4v) is 3.56. The Bertz CT molecular complexity index is 912. The molecule has 0 saturated heterocycles. The van der Waals surface area contributed by atoms with E-state index in [1.54, 1.807) is 0 Å². The number of hydrogen-bond donors (Lipinski definition) is 1. The van der Waals surface area contributed by atoms with Gasteiger partial charge in [0.15, 0.2) is 0 Å². The second-order valence-electron chi connectivity index (χ2n) is 7.37. The zero-order chi connectivity index (χ0) is 20.8. The molecule has 0 spiro atoms. The second-order valence-corrected chi connectivity index (χ2v) is 8.33. The highest BCUT2D eigenvalue weighted by atomic mass is 79.9. The van der Waals surface area contributed by atoms with E-state index in [1.165, 1.54) is 23.3 Å². The molecule has 6 heteroatoms. The van der Waals surface area contributed by atoms with Gasteiger partial charge in [-0.1, -0.05) is 38.1 Å². The van der Waals surface area contributed by atoms with Crippen LogP contribution >= 0.6 is 15.9 Å². The first-order valence-corrected chi connectivity index (χ1v) is 10.4. The lowest BCUT2D eigenvalue weighted by atomic mass is 10.1. The molecule has 1 N–H and O–H groups in total. The summed E-state index contributed by atoms with van der Waals surface area (Å²) in [7, 11) is 0. The Morgan fingerprint density at radius 3 is 2.66 bits per heavy atom. The van der Waals surface area contributed by atoms with Gasteiger partial charge in [-0.2, -0.15) is 0 Å². The Kier molecular flexibility index (Phi) is 7.45. The van der Waals surface area contributed by atoms with Crippen LogP contribution in [0.4, 0.5) is 8.78 Å². The molecule has 0 radical (unpaired) electrons. The van der Waals surface area contributed by atoms with Gasteiger partial charge >= 0.3 is 0 Å². The first kappa shape index (κ1) is 21.5. The molecular weight excluding hydrogens is 438 g/mol. The minimum absolute atomic E-state index is 0.0474. The molecule has 3 nitrogen and oxygen atoms in total. The number of nitrogens with zero attached hydrogens (tertiary/aromatic N) is 1. The summed E-state index contributed by atoms with van der Waals surface area (Å²) in [6.07, 6.45) is 3.83. The van der Waals surface area contributed by atoms with Crippen LogP contribution in [0.3, 0.4) is 0 Å². The third-order valence-electron chi connectivity index (χ3n) is 4.54. The molecule has 0 saturated carbocycles. The lowest BCUT2D eigenvalue weighted by Gasteiger charge is -2.25. The second kappa shape index (κ2) is 10.0. The van der Waals surface area contributed by atoms with E-state index < -0.39 is 11.6 Å². The summed E-state index contributed by atoms with van der Waals surface area (Å²) in [5.41, 5.74) is 2.81. The minimum Gasteiger partial charge on any atom is -0.488 e. The van der Waals surface area contributed by atoms with Crippen molar-refractivity contribution in [2.24, 2.45) is 0 Å². The molecule has 1 aliphatic rings. The van der Waals surface area contributed by atoms with Crippen LogP contribution in [0.5, 0.6) is 0 Å². The summed E-state index contributed by atoms with van der Waals surface area (Å²) >= 11 is 3.57. The highest BCUT2D eigenvalue weighted by Gasteiger charge is 2.14. The molecule has 2 aromatic rings. The molecule has 154 valence electrons. The first-order chi connectivity index (χ1) is 13.9. The lowest BCUT2D eigenvalue weighted by Crippen LogP contribution is -2.23. The van der Waals surface area contributed by atoms with Gasteiger partial charge in [-0.05, 0) is 45.3 Å². The summed E-state index contributed by atoms with van der Waals surface area (Å²) in [5, 5.41) is 3.43. The Morgan fingerprint density at radius 2 is 1.93 bits per heavy atom. The molecule has 3 rings (SSSR count). The van der Waals surface area contributed by atoms with Crippen molar-refractivity contribution in [1.29, 1.82) is 0 Å². The van der Waals surface area contributed by atoms with Crippen molar-refractivity contribution in [2.45, 2.75) is 39.6 Å². The third kappa shape index (κ3) is 6.41. The maximum absolute atomic E-state index is 13.8. The Labute approximate surface area is 179 Å². The Hall–Kier alpha value is -2.18. The molecule has 0 atom stereocenters. The number of ether oxygens (including phenoxy) is 1. The number of hydrogen-bond acceptors (Lipinski definition) is 3. The van der Waals surface area contributed by atoms with E-state index in [1.807, 2.05) is 12.3 Å². The van der Waals surface area contributed by atoms with Crippen molar-refractivity contribution >= 4 is 15.9 Å². The third-order valence-corrected chi connectivity index (χ3v) is 5.18. The van der Waals surface area contributed by atoms with Gasteiger partial charge in [0.2, 0.25) is 0 Å². The van der Waals surface area contributed by atoms with Crippen molar-refractivity contribution < 1.29 is 13.5 Å². The fraction of sp³-hybridized carbons (Fsp3) is 0.304. The predicted molar refractivity (Wildman–Crippen MR) is 115 cm³/mol. The van der Waals surface area contributed by atoms with E-state index in [4.69, 9.17) is 4.74 Å². The number of nitrogens with one attached hydrogen (secondary N) is 1. The topological polar surface area (TPSA) is 24.5 Å². The maximum Gasteiger partial charge on any atom is 0.133 e. The monoisotopic (exact) mass is 462 g/mol. The van der Waals surface area contributed by atoms with Crippen LogP contribution in [0.15, 0.2) is 65.0 Å². The van der Waals surface area contributed by atoms with Gasteiger partial charge in [-0.3, -0.25) is 0 Å². The van der Waals surface area contributed by atoms with E-state index in [0.717, 1.165) is 23.6 Å². The van der Waals surface area contributed by atoms with E-state index in [9.17, 15) is 8.78 Å². The van der Waals surface area contributed by atoms with Crippen LogP contribution in [0.2, 0.25) is 0 Å². The van der Waals surface area contributed by atoms with E-state index in [-0.39, 0.29) is 6.61 Å². The molecule has 0 fully saturated rings. The van der Waals surface area contributed by atoms with Crippen LogP contribution in [0.1, 0.15) is 30.5 Å². The smallest absolute Gasteiger partial charge is 0.133 e. The SMILES string of the molecule is CC(C)NCc1cccc(CN2C=CC(OCc3ccc(F)cc3F)=C(Br)C2)c1. The van der Waals surface area contributed by atoms with Crippen LogP contribution in [0.25, 0.3) is 0 Å². The molecule has 2 aromatic carbocycles. The molecule has 0 unspecified atom stereocenters. The highest BCUT2D eigenvalue weighted by Crippen LogP contribution is 2.24. The molecule has 0 bridgehead atoms. The van der Waals surface area contributed by atoms with E-state index >= 15 is 0 Å². The average molecular weight is 463 g/mol. The first-order valence-electron chi connectivity index (χ1n) is 9.59. The van der Waals surface area contributed by atoms with Crippen molar-refractivity contribution in [3.63, 3.8) is 0 Å².